The number of hydrogen-bond acceptors (Lipinski definition) is 0. The third kappa shape index (κ3) is 27.1. The van der Waals surface area contributed by atoms with Crippen molar-refractivity contribution < 1.29 is 0 Å². The second-order valence-corrected chi connectivity index (χ2v) is 65.9. The summed E-state index contributed by atoms with van der Waals surface area (Å²) in [6.45, 7) is 102. The quantitative estimate of drug-likeness (QED) is 0.193. The Kier molecular flexibility index (Phi) is 37.9. The van der Waals surface area contributed by atoms with Crippen molar-refractivity contribution in [1.29, 1.82) is 0 Å². The van der Waals surface area contributed by atoms with Gasteiger partial charge in [0.1, 0.15) is 0 Å². The normalized spacial score (nSPS) is 48.9. The third-order valence-electron chi connectivity index (χ3n) is 45.9. The first-order valence-electron chi connectivity index (χ1n) is 60.1. The van der Waals surface area contributed by atoms with E-state index in [4.69, 9.17) is 0 Å². The zero-order valence-electron chi connectivity index (χ0n) is 97.6. The minimum atomic E-state index is 0. The van der Waals surface area contributed by atoms with Crippen LogP contribution in [0.3, 0.4) is 0 Å². The molecule has 782 valence electrons. The van der Waals surface area contributed by atoms with Crippen molar-refractivity contribution >= 4 is 0 Å². The zero-order chi connectivity index (χ0) is 97.6. The molecule has 0 aliphatic heterocycles. The maximum absolute atomic E-state index is 2.58. The van der Waals surface area contributed by atoms with Gasteiger partial charge in [0.2, 0.25) is 0 Å². The van der Waals surface area contributed by atoms with Crippen LogP contribution in [0.15, 0.2) is 0 Å². The highest BCUT2D eigenvalue weighted by atomic mass is 14.7. The van der Waals surface area contributed by atoms with E-state index in [9.17, 15) is 0 Å². The van der Waals surface area contributed by atoms with Crippen molar-refractivity contribution in [2.75, 3.05) is 0 Å². The van der Waals surface area contributed by atoms with E-state index >= 15 is 0 Å². The largest absolute Gasteiger partial charge is 0.0776 e. The summed E-state index contributed by atoms with van der Waals surface area (Å²) in [6, 6.07) is 0. The molecule has 0 aromatic carbocycles. The molecule has 22 saturated carbocycles. The van der Waals surface area contributed by atoms with Gasteiger partial charge in [0, 0.05) is 0 Å². The molecule has 0 aromatic heterocycles. The van der Waals surface area contributed by atoms with Gasteiger partial charge in [-0.15, -0.1) is 0 Å². The second-order valence-electron chi connectivity index (χ2n) is 65.9. The minimum Gasteiger partial charge on any atom is -0.0776 e. The highest BCUT2D eigenvalue weighted by Gasteiger charge is 2.68. The van der Waals surface area contributed by atoms with E-state index in [2.05, 4.69) is 284 Å². The summed E-state index contributed by atoms with van der Waals surface area (Å²) in [6.07, 6.45) is 68.9. The van der Waals surface area contributed by atoms with E-state index in [0.29, 0.717) is 70.4 Å². The van der Waals surface area contributed by atoms with Gasteiger partial charge in [-0.1, -0.05) is 350 Å². The van der Waals surface area contributed by atoms with Crippen LogP contribution in [0.2, 0.25) is 0 Å². The smallest absolute Gasteiger partial charge is 0.0235 e. The Balaban J connectivity index is 0.000000168. The standard InChI is InChI=1S/2C16H30.C15H26.3C15H28.C14H24.C14H26.C11H22.2CH4/c2*1-11(2)14-15(5)7-12(3)8-16(14,6)10-13(4)9-15;1-11(2)15-7-12-5-13(3,9-15)8-14(4,6-12)10-15;1-11(2)15-8-12(3)6-14(5,10-15)7-13(4)9-15;2*1-11(2)13-8-14(4)6-12(3)7-15(5,9-13)10-14;1-10(2)14-8-12(3)5-11(14)6-13(4,7-12)9-14;1-10(2)5-6-11-7-8-12-9-13(11)14(12,3)4;1-10(2)11-8-6-4-3-5-7-9-11;;/h2*11-14H,7-10H2,1-6H3;11-12H,5-10H2,1-4H3;3*11-13H,6-10H2,1-5H3;10-11H,5-9H2,1-4H3;10-13H,5-9H2,1-4H3;10-11H,3-9H2,1-2H3;2*1H4/t;;;;;;;11-,12+,13+;;;/m.......1.../s1. The average molecular weight is 1850 g/mol. The molecule has 22 rings (SSSR count). The molecule has 10 unspecified atom stereocenters. The van der Waals surface area contributed by atoms with E-state index in [0.717, 1.165) is 181 Å². The highest BCUT2D eigenvalue weighted by Crippen LogP contribution is 2.78. The Morgan fingerprint density at radius 2 is 0.534 bits per heavy atom. The fourth-order valence-electron chi connectivity index (χ4n) is 46.3. The topological polar surface area (TPSA) is 0 Å². The van der Waals surface area contributed by atoms with Gasteiger partial charge >= 0.3 is 0 Å². The Hall–Kier alpha value is 0. The minimum absolute atomic E-state index is 0. The maximum atomic E-state index is 2.58. The first-order valence-corrected chi connectivity index (χ1v) is 60.1. The fourth-order valence-corrected chi connectivity index (χ4v) is 46.3. The summed E-state index contributed by atoms with van der Waals surface area (Å²) in [5, 5.41) is 0. The molecule has 0 radical (unpaired) electrons. The van der Waals surface area contributed by atoms with Gasteiger partial charge in [0.05, 0.1) is 0 Å². The molecule has 0 spiro atoms. The molecule has 0 heteroatoms. The summed E-state index contributed by atoms with van der Waals surface area (Å²) >= 11 is 0. The van der Waals surface area contributed by atoms with Gasteiger partial charge in [0.25, 0.3) is 0 Å². The van der Waals surface area contributed by atoms with Crippen LogP contribution in [0.1, 0.15) is 594 Å². The molecule has 0 nitrogen and oxygen atoms in total. The van der Waals surface area contributed by atoms with Crippen molar-refractivity contribution in [1.82, 2.24) is 0 Å². The zero-order valence-corrected chi connectivity index (χ0v) is 97.6. The van der Waals surface area contributed by atoms with Gasteiger partial charge < -0.3 is 0 Å². The Bertz CT molecular complexity index is 3220. The third-order valence-corrected chi connectivity index (χ3v) is 45.9. The van der Waals surface area contributed by atoms with Crippen molar-refractivity contribution in [2.24, 2.45) is 252 Å². The number of rotatable bonds is 11. The Morgan fingerprint density at radius 1 is 0.241 bits per heavy atom. The first-order chi connectivity index (χ1) is 60.1. The Morgan fingerprint density at radius 3 is 0.812 bits per heavy atom. The average Bonchev–Trinajstić information content (AvgIpc) is 1.59. The van der Waals surface area contributed by atoms with Crippen LogP contribution in [-0.2, 0) is 0 Å². The molecule has 0 N–H and O–H groups in total. The van der Waals surface area contributed by atoms with E-state index in [1.54, 1.807) is 25.7 Å². The van der Waals surface area contributed by atoms with E-state index in [-0.39, 0.29) is 14.9 Å². The van der Waals surface area contributed by atoms with Crippen molar-refractivity contribution in [2.45, 2.75) is 594 Å². The molecule has 22 fully saturated rings. The molecule has 0 amide bonds. The molecule has 20 bridgehead atoms. The summed E-state index contributed by atoms with van der Waals surface area (Å²) in [4.78, 5) is 0. The van der Waals surface area contributed by atoms with Crippen LogP contribution in [0.5, 0.6) is 0 Å². The monoisotopic (exact) mass is 1850 g/mol. The number of hydrogen-bond donors (Lipinski definition) is 0. The summed E-state index contributed by atoms with van der Waals surface area (Å²) in [7, 11) is 0. The molecule has 13 atom stereocenters. The maximum Gasteiger partial charge on any atom is -0.0235 e. The molecule has 22 aliphatic rings. The molecule has 133 heavy (non-hydrogen) atoms. The van der Waals surface area contributed by atoms with Crippen LogP contribution < -0.4 is 0 Å². The predicted molar refractivity (Wildman–Crippen MR) is 594 cm³/mol. The lowest BCUT2D eigenvalue weighted by molar-refractivity contribution is -0.162. The van der Waals surface area contributed by atoms with E-state index in [1.165, 1.54) is 270 Å². The second kappa shape index (κ2) is 43.2. The Labute approximate surface area is 840 Å². The van der Waals surface area contributed by atoms with Crippen LogP contribution in [0, 0.1) is 252 Å². The lowest BCUT2D eigenvalue weighted by Gasteiger charge is -2.67. The SMILES string of the molecule is C.C.CC(C)C12CC3(C)CC1CC(C)(C3)C2.CC(C)C12CC3CC(C)(CC(C)(C3)C1)C2.CC(C)C1CCCCCCC1.CC(C)CC[C@@H]1CC[C@H]2C[C@@H]1C2(C)C.CC1CC2(C)CC(C(C)C)CC(C)(C1)C2.CC1CC2(C)CC(C(C)C)CC(C)(C1)C2.CC1CC2(C)CC(C)CC(C(C)C)(C1)C2.CC1CC2(C)CC(C)CC(C)(C1)C2C(C)C.CC1CC2(C)CC(C)CC(C)(C1)C2C(C)C. The van der Waals surface area contributed by atoms with Gasteiger partial charge in [-0.3, -0.25) is 0 Å². The molecular weight excluding hydrogens is 1600 g/mol. The summed E-state index contributed by atoms with van der Waals surface area (Å²) in [5.41, 5.74) is 11.5. The lowest BCUT2D eigenvalue weighted by Crippen LogP contribution is -2.56. The van der Waals surface area contributed by atoms with Crippen molar-refractivity contribution in [3.8, 4) is 0 Å². The van der Waals surface area contributed by atoms with Crippen LogP contribution in [0.25, 0.3) is 0 Å². The molecule has 0 heterocycles. The van der Waals surface area contributed by atoms with Gasteiger partial charge in [-0.25, -0.2) is 0 Å². The van der Waals surface area contributed by atoms with E-state index < -0.39 is 0 Å². The summed E-state index contributed by atoms with van der Waals surface area (Å²) < 4.78 is 0. The fraction of sp³-hybridized carbons (Fsp3) is 1.00. The van der Waals surface area contributed by atoms with Crippen LogP contribution >= 0.6 is 0 Å². The molecule has 0 aromatic rings. The summed E-state index contributed by atoms with van der Waals surface area (Å²) in [5.74, 6) is 25.9. The van der Waals surface area contributed by atoms with Crippen LogP contribution in [0.4, 0.5) is 0 Å². The first kappa shape index (κ1) is 117. The van der Waals surface area contributed by atoms with Gasteiger partial charge in [-0.05, 0) is 496 Å². The van der Waals surface area contributed by atoms with Gasteiger partial charge in [-0.2, -0.15) is 0 Å². The lowest BCUT2D eigenvalue weighted by atomic mass is 9.38. The predicted octanol–water partition coefficient (Wildman–Crippen LogP) is 43.6. The number of fused-ring (bicyclic) bond motifs is 12. The van der Waals surface area contributed by atoms with Gasteiger partial charge in [0.15, 0.2) is 0 Å². The van der Waals surface area contributed by atoms with Crippen molar-refractivity contribution in [3.05, 3.63) is 0 Å². The highest BCUT2D eigenvalue weighted by molar-refractivity contribution is 5.18. The van der Waals surface area contributed by atoms with E-state index in [1.807, 2.05) is 0 Å². The van der Waals surface area contributed by atoms with Crippen LogP contribution in [-0.4, -0.2) is 0 Å². The molecule has 22 aliphatic carbocycles. The van der Waals surface area contributed by atoms with Crippen molar-refractivity contribution in [3.63, 3.8) is 0 Å². The molecular formula is C133H250. The molecule has 0 saturated heterocycles.